The highest BCUT2D eigenvalue weighted by molar-refractivity contribution is 5.94. The number of nitrogens with zero attached hydrogens (tertiary/aromatic N) is 1. The van der Waals surface area contributed by atoms with E-state index in [0.29, 0.717) is 23.3 Å². The summed E-state index contributed by atoms with van der Waals surface area (Å²) in [6.45, 7) is 8.24. The Morgan fingerprint density at radius 3 is 2.65 bits per heavy atom. The van der Waals surface area contributed by atoms with E-state index in [4.69, 9.17) is 0 Å². The van der Waals surface area contributed by atoms with Crippen molar-refractivity contribution in [3.05, 3.63) is 22.9 Å². The van der Waals surface area contributed by atoms with Gasteiger partial charge in [-0.1, -0.05) is 13.8 Å². The standard InChI is InChI=1S/C16H24N2O2/c1-9-5-6-13(10(2)7-9)18-15-14(16(19)20)11(3)8-12(4)17-15/h8-10,13H,5-7H2,1-4H3,(H,17,18)(H,19,20). The zero-order valence-electron chi connectivity index (χ0n) is 12.7. The van der Waals surface area contributed by atoms with Crippen LogP contribution in [0, 0.1) is 25.7 Å². The monoisotopic (exact) mass is 276 g/mol. The Labute approximate surface area is 120 Å². The highest BCUT2D eigenvalue weighted by atomic mass is 16.4. The number of carbonyl (C=O) groups is 1. The number of aromatic carboxylic acids is 1. The normalized spacial score (nSPS) is 26.3. The van der Waals surface area contributed by atoms with Crippen molar-refractivity contribution in [1.29, 1.82) is 0 Å². The van der Waals surface area contributed by atoms with Gasteiger partial charge in [0.1, 0.15) is 11.4 Å². The van der Waals surface area contributed by atoms with Gasteiger partial charge in [-0.3, -0.25) is 0 Å². The maximum absolute atomic E-state index is 11.4. The first-order valence-corrected chi connectivity index (χ1v) is 7.36. The molecule has 1 heterocycles. The quantitative estimate of drug-likeness (QED) is 0.885. The van der Waals surface area contributed by atoms with Crippen molar-refractivity contribution in [3.63, 3.8) is 0 Å². The minimum Gasteiger partial charge on any atom is -0.478 e. The summed E-state index contributed by atoms with van der Waals surface area (Å²) in [4.78, 5) is 15.9. The van der Waals surface area contributed by atoms with E-state index in [-0.39, 0.29) is 0 Å². The van der Waals surface area contributed by atoms with Crippen LogP contribution in [0.4, 0.5) is 5.82 Å². The largest absolute Gasteiger partial charge is 0.478 e. The zero-order chi connectivity index (χ0) is 14.9. The zero-order valence-corrected chi connectivity index (χ0v) is 12.7. The molecule has 0 aliphatic heterocycles. The molecular formula is C16H24N2O2. The van der Waals surface area contributed by atoms with Gasteiger partial charge in [-0.15, -0.1) is 0 Å². The molecule has 0 radical (unpaired) electrons. The van der Waals surface area contributed by atoms with E-state index in [1.807, 2.05) is 19.9 Å². The van der Waals surface area contributed by atoms with E-state index >= 15 is 0 Å². The summed E-state index contributed by atoms with van der Waals surface area (Å²) in [7, 11) is 0. The Hall–Kier alpha value is -1.58. The van der Waals surface area contributed by atoms with Gasteiger partial charge in [0.15, 0.2) is 0 Å². The number of carboxylic acid groups (broad SMARTS) is 1. The topological polar surface area (TPSA) is 62.2 Å². The molecule has 20 heavy (non-hydrogen) atoms. The lowest BCUT2D eigenvalue weighted by Crippen LogP contribution is -2.34. The molecule has 2 rings (SSSR count). The third-order valence-electron chi connectivity index (χ3n) is 4.31. The summed E-state index contributed by atoms with van der Waals surface area (Å²) in [5.74, 6) is 0.924. The number of anilines is 1. The van der Waals surface area contributed by atoms with Gasteiger partial charge >= 0.3 is 5.97 Å². The summed E-state index contributed by atoms with van der Waals surface area (Å²) >= 11 is 0. The van der Waals surface area contributed by atoms with E-state index in [0.717, 1.165) is 23.6 Å². The molecule has 1 aromatic rings. The van der Waals surface area contributed by atoms with E-state index in [9.17, 15) is 9.90 Å². The van der Waals surface area contributed by atoms with Gasteiger partial charge in [0.05, 0.1) is 0 Å². The average Bonchev–Trinajstić information content (AvgIpc) is 2.31. The molecule has 0 amide bonds. The molecule has 3 unspecified atom stereocenters. The Kier molecular flexibility index (Phi) is 4.31. The van der Waals surface area contributed by atoms with Crippen LogP contribution in [0.1, 0.15) is 54.7 Å². The SMILES string of the molecule is Cc1cc(C)c(C(=O)O)c(NC2CCC(C)CC2C)n1. The van der Waals surface area contributed by atoms with Crippen LogP contribution >= 0.6 is 0 Å². The maximum atomic E-state index is 11.4. The van der Waals surface area contributed by atoms with Crippen molar-refractivity contribution in [1.82, 2.24) is 4.98 Å². The number of aromatic nitrogens is 1. The van der Waals surface area contributed by atoms with Crippen molar-refractivity contribution in [2.75, 3.05) is 5.32 Å². The summed E-state index contributed by atoms with van der Waals surface area (Å²) in [6.07, 6.45) is 3.45. The van der Waals surface area contributed by atoms with Crippen molar-refractivity contribution in [3.8, 4) is 0 Å². The number of rotatable bonds is 3. The van der Waals surface area contributed by atoms with Crippen molar-refractivity contribution >= 4 is 11.8 Å². The summed E-state index contributed by atoms with van der Waals surface area (Å²) < 4.78 is 0. The smallest absolute Gasteiger partial charge is 0.339 e. The van der Waals surface area contributed by atoms with Gasteiger partial charge in [0.2, 0.25) is 0 Å². The molecule has 0 saturated heterocycles. The van der Waals surface area contributed by atoms with Crippen LogP contribution in [-0.4, -0.2) is 22.1 Å². The fraction of sp³-hybridized carbons (Fsp3) is 0.625. The lowest BCUT2D eigenvalue weighted by atomic mass is 9.80. The van der Waals surface area contributed by atoms with E-state index in [1.54, 1.807) is 0 Å². The molecule has 1 saturated carbocycles. The molecule has 1 aliphatic carbocycles. The number of nitrogens with one attached hydrogen (secondary N) is 1. The molecule has 0 spiro atoms. The molecule has 110 valence electrons. The molecule has 1 fully saturated rings. The van der Waals surface area contributed by atoms with Crippen molar-refractivity contribution in [2.24, 2.45) is 11.8 Å². The molecule has 3 atom stereocenters. The summed E-state index contributed by atoms with van der Waals surface area (Å²) in [5, 5.41) is 12.8. The van der Waals surface area contributed by atoms with E-state index < -0.39 is 5.97 Å². The van der Waals surface area contributed by atoms with Crippen LogP contribution in [0.25, 0.3) is 0 Å². The minimum atomic E-state index is -0.908. The Morgan fingerprint density at radius 1 is 1.35 bits per heavy atom. The molecule has 0 aromatic carbocycles. The Morgan fingerprint density at radius 2 is 2.05 bits per heavy atom. The number of aryl methyl sites for hydroxylation is 2. The summed E-state index contributed by atoms with van der Waals surface area (Å²) in [5.41, 5.74) is 1.93. The third-order valence-corrected chi connectivity index (χ3v) is 4.31. The molecule has 4 heteroatoms. The molecule has 1 aromatic heterocycles. The lowest BCUT2D eigenvalue weighted by molar-refractivity contribution is 0.0696. The van der Waals surface area contributed by atoms with E-state index in [2.05, 4.69) is 24.1 Å². The van der Waals surface area contributed by atoms with Crippen LogP contribution in [0.3, 0.4) is 0 Å². The second-order valence-electron chi connectivity index (χ2n) is 6.26. The molecule has 2 N–H and O–H groups in total. The molecule has 0 bridgehead atoms. The van der Waals surface area contributed by atoms with E-state index in [1.165, 1.54) is 12.8 Å². The van der Waals surface area contributed by atoms with Gasteiger partial charge in [-0.25, -0.2) is 9.78 Å². The predicted molar refractivity (Wildman–Crippen MR) is 80.3 cm³/mol. The van der Waals surface area contributed by atoms with Gasteiger partial charge < -0.3 is 10.4 Å². The molecular weight excluding hydrogens is 252 g/mol. The first-order valence-electron chi connectivity index (χ1n) is 7.36. The Balaban J connectivity index is 2.26. The third kappa shape index (κ3) is 3.11. The van der Waals surface area contributed by atoms with Crippen LogP contribution in [0.5, 0.6) is 0 Å². The fourth-order valence-corrected chi connectivity index (χ4v) is 3.27. The van der Waals surface area contributed by atoms with Crippen LogP contribution in [0.2, 0.25) is 0 Å². The predicted octanol–water partition coefficient (Wildman–Crippen LogP) is 3.63. The fourth-order valence-electron chi connectivity index (χ4n) is 3.27. The highest BCUT2D eigenvalue weighted by Gasteiger charge is 2.27. The Bertz CT molecular complexity index is 513. The maximum Gasteiger partial charge on any atom is 0.339 e. The number of hydrogen-bond donors (Lipinski definition) is 2. The van der Waals surface area contributed by atoms with Gasteiger partial charge in [-0.2, -0.15) is 0 Å². The van der Waals surface area contributed by atoms with Crippen molar-refractivity contribution in [2.45, 2.75) is 53.0 Å². The second kappa shape index (κ2) is 5.81. The highest BCUT2D eigenvalue weighted by Crippen LogP contribution is 2.31. The van der Waals surface area contributed by atoms with Gasteiger partial charge in [0.25, 0.3) is 0 Å². The minimum absolute atomic E-state index is 0.307. The first kappa shape index (κ1) is 14.8. The second-order valence-corrected chi connectivity index (χ2v) is 6.26. The van der Waals surface area contributed by atoms with Crippen LogP contribution < -0.4 is 5.32 Å². The summed E-state index contributed by atoms with van der Waals surface area (Å²) in [6, 6.07) is 2.14. The number of carboxylic acids is 1. The van der Waals surface area contributed by atoms with Crippen molar-refractivity contribution < 1.29 is 9.90 Å². The lowest BCUT2D eigenvalue weighted by Gasteiger charge is -2.34. The van der Waals surface area contributed by atoms with Crippen LogP contribution in [-0.2, 0) is 0 Å². The molecule has 4 nitrogen and oxygen atoms in total. The van der Waals surface area contributed by atoms with Crippen LogP contribution in [0.15, 0.2) is 6.07 Å². The number of hydrogen-bond acceptors (Lipinski definition) is 3. The van der Waals surface area contributed by atoms with Gasteiger partial charge in [-0.05, 0) is 56.6 Å². The first-order chi connectivity index (χ1) is 9.38. The van der Waals surface area contributed by atoms with Gasteiger partial charge in [0, 0.05) is 11.7 Å². The molecule has 1 aliphatic rings. The average molecular weight is 276 g/mol. The number of pyridine rings is 1.